The number of imidazole rings is 1. The predicted molar refractivity (Wildman–Crippen MR) is 63.3 cm³/mol. The van der Waals surface area contributed by atoms with E-state index in [1.165, 1.54) is 6.33 Å². The predicted octanol–water partition coefficient (Wildman–Crippen LogP) is 1.92. The Morgan fingerprint density at radius 2 is 2.25 bits per heavy atom. The maximum Gasteiger partial charge on any atom is 0.153 e. The number of aryl methyl sites for hydroxylation is 1. The highest BCUT2D eigenvalue weighted by atomic mass is 15.3. The molecule has 0 aliphatic rings. The first-order valence-electron chi connectivity index (χ1n) is 5.60. The van der Waals surface area contributed by atoms with Crippen molar-refractivity contribution < 1.29 is 0 Å². The maximum absolute atomic E-state index is 5.83. The van der Waals surface area contributed by atoms with Crippen molar-refractivity contribution in [3.63, 3.8) is 0 Å². The van der Waals surface area contributed by atoms with Crippen molar-refractivity contribution in [3.05, 3.63) is 17.8 Å². The molecular formula is C11H17N5. The average Bonchev–Trinajstić information content (AvgIpc) is 2.58. The van der Waals surface area contributed by atoms with Gasteiger partial charge in [-0.2, -0.15) is 5.10 Å². The van der Waals surface area contributed by atoms with Gasteiger partial charge in [-0.25, -0.2) is 14.5 Å². The molecule has 5 nitrogen and oxygen atoms in total. The molecule has 0 bridgehead atoms. The summed E-state index contributed by atoms with van der Waals surface area (Å²) in [6.45, 7) is 6.27. The number of nitrogens with zero attached hydrogens (tertiary/aromatic N) is 4. The smallest absolute Gasteiger partial charge is 0.153 e. The summed E-state index contributed by atoms with van der Waals surface area (Å²) in [5.41, 5.74) is 7.57. The van der Waals surface area contributed by atoms with Crippen molar-refractivity contribution in [2.75, 3.05) is 5.73 Å². The van der Waals surface area contributed by atoms with E-state index in [-0.39, 0.29) is 0 Å². The lowest BCUT2D eigenvalue weighted by Gasteiger charge is -2.07. The fourth-order valence-electron chi connectivity index (χ4n) is 2.03. The van der Waals surface area contributed by atoms with Crippen molar-refractivity contribution in [1.29, 1.82) is 0 Å². The molecule has 5 heteroatoms. The number of nitrogen functional groups attached to an aromatic ring is 1. The van der Waals surface area contributed by atoms with E-state index in [1.807, 2.05) is 11.4 Å². The van der Waals surface area contributed by atoms with Crippen LogP contribution in [0.15, 0.2) is 6.33 Å². The van der Waals surface area contributed by atoms with Crippen LogP contribution in [-0.2, 0) is 0 Å². The lowest BCUT2D eigenvalue weighted by molar-refractivity contribution is 0.608. The highest BCUT2D eigenvalue weighted by molar-refractivity contribution is 5.67. The van der Waals surface area contributed by atoms with Crippen LogP contribution < -0.4 is 5.73 Å². The Hall–Kier alpha value is -1.65. The van der Waals surface area contributed by atoms with Crippen LogP contribution >= 0.6 is 0 Å². The molecule has 0 aliphatic carbocycles. The molecule has 0 amide bonds. The highest BCUT2D eigenvalue weighted by Crippen LogP contribution is 2.23. The second kappa shape index (κ2) is 4.08. The molecule has 0 radical (unpaired) electrons. The quantitative estimate of drug-likeness (QED) is 0.856. The molecule has 2 N–H and O–H groups in total. The SMILES string of the molecule is CCCC(C)c1nc(C)c2c(N)ncnn12. The molecule has 1 unspecified atom stereocenters. The van der Waals surface area contributed by atoms with Gasteiger partial charge in [0, 0.05) is 5.92 Å². The van der Waals surface area contributed by atoms with E-state index in [4.69, 9.17) is 5.73 Å². The summed E-state index contributed by atoms with van der Waals surface area (Å²) in [6, 6.07) is 0. The lowest BCUT2D eigenvalue weighted by Crippen LogP contribution is -2.05. The number of anilines is 1. The van der Waals surface area contributed by atoms with Gasteiger partial charge >= 0.3 is 0 Å². The summed E-state index contributed by atoms with van der Waals surface area (Å²) < 4.78 is 1.82. The van der Waals surface area contributed by atoms with Crippen LogP contribution in [0, 0.1) is 6.92 Å². The molecule has 0 aromatic carbocycles. The molecule has 2 aromatic rings. The Bertz CT molecular complexity index is 502. The standard InChI is InChI=1S/C11H17N5/c1-4-5-7(2)11-15-8(3)9-10(12)13-6-14-16(9)11/h6-7H,4-5H2,1-3H3,(H2,12,13,14). The van der Waals surface area contributed by atoms with E-state index in [2.05, 4.69) is 28.9 Å². The van der Waals surface area contributed by atoms with Crippen molar-refractivity contribution in [2.24, 2.45) is 0 Å². The van der Waals surface area contributed by atoms with Gasteiger partial charge in [0.1, 0.15) is 17.7 Å². The van der Waals surface area contributed by atoms with Gasteiger partial charge in [0.25, 0.3) is 0 Å². The third kappa shape index (κ3) is 1.62. The van der Waals surface area contributed by atoms with Crippen LogP contribution in [0.5, 0.6) is 0 Å². The van der Waals surface area contributed by atoms with E-state index in [0.29, 0.717) is 11.7 Å². The van der Waals surface area contributed by atoms with Gasteiger partial charge in [-0.1, -0.05) is 20.3 Å². The zero-order valence-corrected chi connectivity index (χ0v) is 9.94. The minimum atomic E-state index is 0.389. The second-order valence-electron chi connectivity index (χ2n) is 4.15. The van der Waals surface area contributed by atoms with Gasteiger partial charge in [-0.3, -0.25) is 0 Å². The molecule has 0 spiro atoms. The molecule has 0 aliphatic heterocycles. The summed E-state index contributed by atoms with van der Waals surface area (Å²) in [4.78, 5) is 8.54. The number of nitrogens with two attached hydrogens (primary N) is 1. The fraction of sp³-hybridized carbons (Fsp3) is 0.545. The molecule has 0 fully saturated rings. The topological polar surface area (TPSA) is 69.1 Å². The van der Waals surface area contributed by atoms with E-state index < -0.39 is 0 Å². The Labute approximate surface area is 94.7 Å². The maximum atomic E-state index is 5.83. The molecule has 2 heterocycles. The average molecular weight is 219 g/mol. The van der Waals surface area contributed by atoms with Crippen LogP contribution in [0.4, 0.5) is 5.82 Å². The Kier molecular flexibility index (Phi) is 2.77. The van der Waals surface area contributed by atoms with Gasteiger partial charge < -0.3 is 5.73 Å². The van der Waals surface area contributed by atoms with E-state index in [0.717, 1.165) is 29.9 Å². The number of fused-ring (bicyclic) bond motifs is 1. The zero-order chi connectivity index (χ0) is 11.7. The minimum Gasteiger partial charge on any atom is -0.382 e. The first kappa shape index (κ1) is 10.9. The highest BCUT2D eigenvalue weighted by Gasteiger charge is 2.16. The van der Waals surface area contributed by atoms with Gasteiger partial charge in [0.2, 0.25) is 0 Å². The van der Waals surface area contributed by atoms with Gasteiger partial charge in [-0.05, 0) is 13.3 Å². The summed E-state index contributed by atoms with van der Waals surface area (Å²) in [5, 5.41) is 4.23. The molecular weight excluding hydrogens is 202 g/mol. The van der Waals surface area contributed by atoms with Crippen molar-refractivity contribution in [3.8, 4) is 0 Å². The molecule has 0 saturated heterocycles. The lowest BCUT2D eigenvalue weighted by atomic mass is 10.1. The molecule has 86 valence electrons. The first-order chi connectivity index (χ1) is 7.65. The number of aromatic nitrogens is 4. The molecule has 1 atom stereocenters. The number of hydrogen-bond donors (Lipinski definition) is 1. The van der Waals surface area contributed by atoms with Crippen LogP contribution in [0.2, 0.25) is 0 Å². The Morgan fingerprint density at radius 1 is 1.50 bits per heavy atom. The normalized spacial score (nSPS) is 13.2. The van der Waals surface area contributed by atoms with Crippen LogP contribution in [-0.4, -0.2) is 19.6 Å². The number of rotatable bonds is 3. The van der Waals surface area contributed by atoms with Crippen molar-refractivity contribution in [1.82, 2.24) is 19.6 Å². The Balaban J connectivity index is 2.59. The van der Waals surface area contributed by atoms with Gasteiger partial charge in [-0.15, -0.1) is 0 Å². The monoisotopic (exact) mass is 219 g/mol. The summed E-state index contributed by atoms with van der Waals surface area (Å²) in [6.07, 6.45) is 3.71. The Morgan fingerprint density at radius 3 is 2.94 bits per heavy atom. The van der Waals surface area contributed by atoms with Crippen molar-refractivity contribution >= 4 is 11.3 Å². The van der Waals surface area contributed by atoms with Gasteiger partial charge in [0.05, 0.1) is 5.69 Å². The second-order valence-corrected chi connectivity index (χ2v) is 4.15. The molecule has 2 rings (SSSR count). The van der Waals surface area contributed by atoms with Crippen LogP contribution in [0.1, 0.15) is 44.1 Å². The largest absolute Gasteiger partial charge is 0.382 e. The third-order valence-electron chi connectivity index (χ3n) is 2.82. The molecule has 16 heavy (non-hydrogen) atoms. The van der Waals surface area contributed by atoms with E-state index >= 15 is 0 Å². The first-order valence-corrected chi connectivity index (χ1v) is 5.60. The van der Waals surface area contributed by atoms with Gasteiger partial charge in [0.15, 0.2) is 5.82 Å². The zero-order valence-electron chi connectivity index (χ0n) is 9.94. The molecule has 0 saturated carbocycles. The fourth-order valence-corrected chi connectivity index (χ4v) is 2.03. The van der Waals surface area contributed by atoms with Crippen LogP contribution in [0.25, 0.3) is 5.52 Å². The molecule has 2 aromatic heterocycles. The number of hydrogen-bond acceptors (Lipinski definition) is 4. The summed E-state index contributed by atoms with van der Waals surface area (Å²) >= 11 is 0. The summed E-state index contributed by atoms with van der Waals surface area (Å²) in [7, 11) is 0. The van der Waals surface area contributed by atoms with E-state index in [9.17, 15) is 0 Å². The van der Waals surface area contributed by atoms with E-state index in [1.54, 1.807) is 0 Å². The minimum absolute atomic E-state index is 0.389. The van der Waals surface area contributed by atoms with Crippen LogP contribution in [0.3, 0.4) is 0 Å². The summed E-state index contributed by atoms with van der Waals surface area (Å²) in [5.74, 6) is 1.86. The third-order valence-corrected chi connectivity index (χ3v) is 2.82. The van der Waals surface area contributed by atoms with Crippen molar-refractivity contribution in [2.45, 2.75) is 39.5 Å².